The Morgan fingerprint density at radius 1 is 0.652 bits per heavy atom. The predicted molar refractivity (Wildman–Crippen MR) is 260 cm³/mol. The number of carboxylic acid groups (broad SMARTS) is 2. The normalized spacial score (nSPS) is 18.3. The first kappa shape index (κ1) is 58.5. The molecule has 1 aromatic carbocycles. The second-order valence-corrected chi connectivity index (χ2v) is 19.6. The molecule has 9 atom stereocenters. The maximum Gasteiger partial charge on any atom is 0.326 e. The summed E-state index contributed by atoms with van der Waals surface area (Å²) >= 11 is 1.42. The number of rotatable bonds is 31. The highest BCUT2D eigenvalue weighted by Crippen LogP contribution is 2.29. The highest BCUT2D eigenvalue weighted by atomic mass is 32.2. The van der Waals surface area contributed by atoms with Gasteiger partial charge in [-0.2, -0.15) is 11.8 Å². The third kappa shape index (κ3) is 21.0. The molecule has 13 N–H and O–H groups in total. The number of nitrogens with one attached hydrogen (secondary N) is 7. The first-order valence-corrected chi connectivity index (χ1v) is 25.9. The van der Waals surface area contributed by atoms with Crippen molar-refractivity contribution in [3.63, 3.8) is 0 Å². The second-order valence-electron chi connectivity index (χ2n) is 18.6. The molecule has 388 valence electrons. The predicted octanol–water partition coefficient (Wildman–Crippen LogP) is 0.707. The van der Waals surface area contributed by atoms with Crippen LogP contribution in [0.1, 0.15) is 116 Å². The molecule has 0 aromatic heterocycles. The minimum atomic E-state index is -1.53. The first-order valence-electron chi connectivity index (χ1n) is 24.5. The summed E-state index contributed by atoms with van der Waals surface area (Å²) in [5, 5.41) is 58.7. The molecular weight excluding hydrogens is 913 g/mol. The molecule has 0 bridgehead atoms. The number of hydrogen-bond acceptors (Lipinski definition) is 13. The maximum atomic E-state index is 14.4. The van der Waals surface area contributed by atoms with Gasteiger partial charge in [0, 0.05) is 12.6 Å². The number of carbonyl (C=O) groups excluding carboxylic acids is 6. The molecule has 0 saturated heterocycles. The van der Waals surface area contributed by atoms with E-state index in [1.807, 2.05) is 36.6 Å². The van der Waals surface area contributed by atoms with Crippen molar-refractivity contribution in [2.75, 3.05) is 31.8 Å². The smallest absolute Gasteiger partial charge is 0.326 e. The molecule has 3 rings (SSSR count). The quantitative estimate of drug-likeness (QED) is 0.0488. The minimum Gasteiger partial charge on any atom is -0.481 e. The number of aliphatic carboxylic acids is 2. The molecule has 0 unspecified atom stereocenters. The molecule has 2 saturated carbocycles. The number of thioether (sulfide) groups is 1. The summed E-state index contributed by atoms with van der Waals surface area (Å²) in [6.45, 7) is 1.91. The van der Waals surface area contributed by atoms with E-state index in [1.165, 1.54) is 11.8 Å². The molecule has 2 aliphatic rings. The zero-order valence-corrected chi connectivity index (χ0v) is 41.2. The Hall–Kier alpha value is -4.83. The molecule has 1 aromatic rings. The lowest BCUT2D eigenvalue weighted by Gasteiger charge is -2.31. The van der Waals surface area contributed by atoms with E-state index in [1.54, 1.807) is 13.8 Å². The van der Waals surface area contributed by atoms with Crippen LogP contribution >= 0.6 is 11.8 Å². The van der Waals surface area contributed by atoms with Crippen molar-refractivity contribution in [2.24, 2.45) is 23.5 Å². The van der Waals surface area contributed by atoms with Crippen molar-refractivity contribution in [1.29, 1.82) is 0 Å². The van der Waals surface area contributed by atoms with Gasteiger partial charge in [0.25, 0.3) is 0 Å². The van der Waals surface area contributed by atoms with Crippen LogP contribution in [-0.2, 0) is 44.8 Å². The van der Waals surface area contributed by atoms with Gasteiger partial charge in [-0.3, -0.25) is 33.6 Å². The fourth-order valence-electron chi connectivity index (χ4n) is 8.89. The van der Waals surface area contributed by atoms with Crippen molar-refractivity contribution in [1.82, 2.24) is 37.2 Å². The summed E-state index contributed by atoms with van der Waals surface area (Å²) in [7, 11) is 0. The molecule has 0 aliphatic heterocycles. The van der Waals surface area contributed by atoms with Gasteiger partial charge in [0.2, 0.25) is 35.4 Å². The summed E-state index contributed by atoms with van der Waals surface area (Å²) in [5.41, 5.74) is 6.55. The summed E-state index contributed by atoms with van der Waals surface area (Å²) in [6.07, 6.45) is 12.1. The van der Waals surface area contributed by atoms with Crippen LogP contribution in [0.3, 0.4) is 0 Å². The Labute approximate surface area is 410 Å². The third-order valence-electron chi connectivity index (χ3n) is 13.2. The fourth-order valence-corrected chi connectivity index (χ4v) is 9.36. The molecule has 21 heteroatoms. The molecular formula is C48H78N8O12S. The van der Waals surface area contributed by atoms with Gasteiger partial charge in [-0.15, -0.1) is 0 Å². The number of aliphatic hydroxyl groups excluding tert-OH is 2. The number of aliphatic hydroxyl groups is 2. The van der Waals surface area contributed by atoms with E-state index in [2.05, 4.69) is 37.2 Å². The van der Waals surface area contributed by atoms with Crippen LogP contribution in [0.15, 0.2) is 30.3 Å². The molecule has 20 nitrogen and oxygen atoms in total. The van der Waals surface area contributed by atoms with Crippen molar-refractivity contribution < 1.29 is 58.8 Å². The fraction of sp³-hybridized carbons (Fsp3) is 0.708. The average molecular weight is 991 g/mol. The topological polar surface area (TPSA) is 328 Å². The van der Waals surface area contributed by atoms with E-state index in [9.17, 15) is 53.7 Å². The van der Waals surface area contributed by atoms with Crippen LogP contribution in [-0.4, -0.2) is 148 Å². The third-order valence-corrected chi connectivity index (χ3v) is 13.8. The van der Waals surface area contributed by atoms with Crippen LogP contribution in [0.25, 0.3) is 0 Å². The van der Waals surface area contributed by atoms with Gasteiger partial charge in [-0.25, -0.2) is 4.79 Å². The van der Waals surface area contributed by atoms with Gasteiger partial charge in [-0.1, -0.05) is 115 Å². The Bertz CT molecular complexity index is 1800. The summed E-state index contributed by atoms with van der Waals surface area (Å²) < 4.78 is 0. The Morgan fingerprint density at radius 3 is 1.64 bits per heavy atom. The van der Waals surface area contributed by atoms with E-state index < -0.39 is 121 Å². The van der Waals surface area contributed by atoms with Gasteiger partial charge in [-0.05, 0) is 61.0 Å². The average Bonchev–Trinajstić information content (AvgIpc) is 3.33. The van der Waals surface area contributed by atoms with Crippen molar-refractivity contribution in [3.8, 4) is 0 Å². The molecule has 0 heterocycles. The van der Waals surface area contributed by atoms with Crippen LogP contribution in [0.5, 0.6) is 0 Å². The number of amides is 6. The van der Waals surface area contributed by atoms with Gasteiger partial charge < -0.3 is 63.4 Å². The minimum absolute atomic E-state index is 0.0557. The molecule has 69 heavy (non-hydrogen) atoms. The highest BCUT2D eigenvalue weighted by molar-refractivity contribution is 7.98. The second kappa shape index (κ2) is 31.4. The van der Waals surface area contributed by atoms with Crippen molar-refractivity contribution >= 4 is 59.1 Å². The van der Waals surface area contributed by atoms with Crippen LogP contribution < -0.4 is 43.0 Å². The largest absolute Gasteiger partial charge is 0.481 e. The van der Waals surface area contributed by atoms with Crippen LogP contribution in [0, 0.1) is 17.8 Å². The summed E-state index contributed by atoms with van der Waals surface area (Å²) in [5.74, 6) is -6.70. The number of hydrogen-bond donors (Lipinski definition) is 12. The Kier molecular flexibility index (Phi) is 26.6. The SMILES string of the molecule is CC[C@H](C)[C@H](NC(=O)[C@H](CCSC)NC(=O)[C@H](CO)NC(=O)[C@H](CC1CCCCC1)NC[C@H](Cc1ccccc1)NC(=O)[C@H](CC1CCCCC1)NC(=O)[C@H](CO)NC(=O)[C@@H](N)CC(=O)O)C(=O)O. The first-order chi connectivity index (χ1) is 33.0. The van der Waals surface area contributed by atoms with E-state index in [0.717, 1.165) is 69.8 Å². The number of carbonyl (C=O) groups is 8. The summed E-state index contributed by atoms with van der Waals surface area (Å²) in [4.78, 5) is 105. The zero-order chi connectivity index (χ0) is 50.9. The number of benzene rings is 1. The van der Waals surface area contributed by atoms with Crippen molar-refractivity contribution in [2.45, 2.75) is 165 Å². The van der Waals surface area contributed by atoms with E-state index in [-0.39, 0.29) is 31.2 Å². The lowest BCUT2D eigenvalue weighted by atomic mass is 9.84. The van der Waals surface area contributed by atoms with Gasteiger partial charge in [0.1, 0.15) is 30.2 Å². The van der Waals surface area contributed by atoms with E-state index >= 15 is 0 Å². The molecule has 0 spiro atoms. The molecule has 2 aliphatic carbocycles. The van der Waals surface area contributed by atoms with Gasteiger partial charge in [0.15, 0.2) is 0 Å². The number of nitrogens with two attached hydrogens (primary N) is 1. The van der Waals surface area contributed by atoms with Gasteiger partial charge >= 0.3 is 11.9 Å². The maximum absolute atomic E-state index is 14.4. The standard InChI is InChI=1S/C48H78N8O12S/c1-4-29(2)41(48(67)68)56-43(62)35(20-21-69-3)52-46(65)39(28-58)55-44(63)36(23-31-16-10-6-11-17-31)50-26-33(22-30-14-8-5-9-15-30)51-45(64)37(24-32-18-12-7-13-19-32)53-47(66)38(27-57)54-42(61)34(49)25-40(59)60/h5,8-9,14-15,29,31-39,41,50,57-58H,4,6-7,10-13,16-28,49H2,1-3H3,(H,51,64)(H,52,65)(H,53,66)(H,54,61)(H,55,63)(H,56,62)(H,59,60)(H,67,68)/t29-,33-,34-,35-,36-,37-,38-,39-,41-/m0/s1. The van der Waals surface area contributed by atoms with E-state index in [4.69, 9.17) is 10.8 Å². The number of carboxylic acids is 2. The molecule has 2 fully saturated rings. The highest BCUT2D eigenvalue weighted by Gasteiger charge is 2.35. The Morgan fingerprint density at radius 2 is 1.13 bits per heavy atom. The van der Waals surface area contributed by atoms with E-state index in [0.29, 0.717) is 25.0 Å². The lowest BCUT2D eigenvalue weighted by Crippen LogP contribution is -2.60. The van der Waals surface area contributed by atoms with Crippen LogP contribution in [0.4, 0.5) is 0 Å². The molecule has 0 radical (unpaired) electrons. The van der Waals surface area contributed by atoms with Crippen molar-refractivity contribution in [3.05, 3.63) is 35.9 Å². The van der Waals surface area contributed by atoms with Gasteiger partial charge in [0.05, 0.1) is 31.7 Å². The Balaban J connectivity index is 1.87. The zero-order valence-electron chi connectivity index (χ0n) is 40.4. The van der Waals surface area contributed by atoms with Crippen LogP contribution in [0.2, 0.25) is 0 Å². The monoisotopic (exact) mass is 991 g/mol. The lowest BCUT2D eigenvalue weighted by molar-refractivity contribution is -0.144. The molecule has 6 amide bonds. The summed E-state index contributed by atoms with van der Waals surface area (Å²) in [6, 6.07) is -0.143.